The lowest BCUT2D eigenvalue weighted by Crippen LogP contribution is -2.48. The maximum absolute atomic E-state index is 11.8. The highest BCUT2D eigenvalue weighted by Gasteiger charge is 2.27. The molecule has 0 bridgehead atoms. The van der Waals surface area contributed by atoms with Gasteiger partial charge in [0.15, 0.2) is 9.84 Å². The Balaban J connectivity index is 2.36. The normalized spacial score (nSPS) is 24.5. The fourth-order valence-electron chi connectivity index (χ4n) is 2.37. The lowest BCUT2D eigenvalue weighted by molar-refractivity contribution is -0.0422. The number of hydrogen-bond donors (Lipinski definition) is 1. The van der Waals surface area contributed by atoms with Crippen LogP contribution in [0.25, 0.3) is 0 Å². The summed E-state index contributed by atoms with van der Waals surface area (Å²) in [6, 6.07) is 6.94. The Labute approximate surface area is 113 Å². The highest BCUT2D eigenvalue weighted by atomic mass is 32.2. The van der Waals surface area contributed by atoms with Crippen molar-refractivity contribution in [3.63, 3.8) is 0 Å². The van der Waals surface area contributed by atoms with E-state index in [9.17, 15) is 13.5 Å². The van der Waals surface area contributed by atoms with E-state index in [4.69, 9.17) is 4.74 Å². The van der Waals surface area contributed by atoms with E-state index < -0.39 is 9.84 Å². The quantitative estimate of drug-likeness (QED) is 0.884. The number of aliphatic hydroxyl groups is 1. The zero-order valence-electron chi connectivity index (χ0n) is 11.1. The Morgan fingerprint density at radius 3 is 2.68 bits per heavy atom. The molecular formula is C13H19NO4S. The van der Waals surface area contributed by atoms with Gasteiger partial charge in [0.1, 0.15) is 0 Å². The van der Waals surface area contributed by atoms with E-state index in [0.29, 0.717) is 23.7 Å². The van der Waals surface area contributed by atoms with Crippen LogP contribution in [0.3, 0.4) is 0 Å². The summed E-state index contributed by atoms with van der Waals surface area (Å²) in [5.74, 6) is 0. The van der Waals surface area contributed by atoms with E-state index in [1.165, 1.54) is 6.26 Å². The Hall–Kier alpha value is -1.11. The third kappa shape index (κ3) is 3.26. The lowest BCUT2D eigenvalue weighted by atomic mass is 10.2. The van der Waals surface area contributed by atoms with Crippen molar-refractivity contribution in [2.24, 2.45) is 0 Å². The first-order valence-corrected chi connectivity index (χ1v) is 8.11. The van der Waals surface area contributed by atoms with Gasteiger partial charge in [-0.05, 0) is 19.1 Å². The zero-order chi connectivity index (χ0) is 14.0. The minimum Gasteiger partial charge on any atom is -0.394 e. The van der Waals surface area contributed by atoms with Crippen LogP contribution >= 0.6 is 0 Å². The third-order valence-electron chi connectivity index (χ3n) is 3.14. The standard InChI is InChI=1S/C13H19NO4S/c1-10-7-14(8-11(9-15)18-10)12-5-3-4-6-13(12)19(2,16)17/h3-6,10-11,15H,7-9H2,1-2H3. The van der Waals surface area contributed by atoms with Gasteiger partial charge in [0, 0.05) is 19.3 Å². The summed E-state index contributed by atoms with van der Waals surface area (Å²) in [6.07, 6.45) is 0.883. The molecule has 0 saturated carbocycles. The number of anilines is 1. The van der Waals surface area contributed by atoms with Gasteiger partial charge in [-0.3, -0.25) is 0 Å². The summed E-state index contributed by atoms with van der Waals surface area (Å²) < 4.78 is 29.2. The lowest BCUT2D eigenvalue weighted by Gasteiger charge is -2.38. The number of benzene rings is 1. The molecule has 2 unspecified atom stereocenters. The molecule has 0 amide bonds. The number of morpholine rings is 1. The van der Waals surface area contributed by atoms with Crippen LogP contribution in [0.15, 0.2) is 29.2 Å². The summed E-state index contributed by atoms with van der Waals surface area (Å²) >= 11 is 0. The second-order valence-electron chi connectivity index (χ2n) is 4.90. The molecule has 1 aromatic rings. The van der Waals surface area contributed by atoms with Crippen LogP contribution in [0.1, 0.15) is 6.92 Å². The van der Waals surface area contributed by atoms with Crippen molar-refractivity contribution in [3.8, 4) is 0 Å². The highest BCUT2D eigenvalue weighted by Crippen LogP contribution is 2.27. The molecule has 1 N–H and O–H groups in total. The number of hydrogen-bond acceptors (Lipinski definition) is 5. The molecule has 1 aliphatic heterocycles. The maximum Gasteiger partial charge on any atom is 0.177 e. The Bertz CT molecular complexity index is 543. The molecule has 0 radical (unpaired) electrons. The Morgan fingerprint density at radius 1 is 1.37 bits per heavy atom. The van der Waals surface area contributed by atoms with Crippen LogP contribution in [0.2, 0.25) is 0 Å². The van der Waals surface area contributed by atoms with Crippen LogP contribution in [0.4, 0.5) is 5.69 Å². The van der Waals surface area contributed by atoms with Crippen LogP contribution < -0.4 is 4.90 Å². The fourth-order valence-corrected chi connectivity index (χ4v) is 3.28. The average Bonchev–Trinajstić information content (AvgIpc) is 2.37. The molecule has 0 spiro atoms. The van der Waals surface area contributed by atoms with Gasteiger partial charge in [-0.25, -0.2) is 8.42 Å². The number of para-hydroxylation sites is 1. The van der Waals surface area contributed by atoms with Crippen molar-refractivity contribution in [2.45, 2.75) is 24.0 Å². The molecule has 1 aliphatic rings. The number of nitrogens with zero attached hydrogens (tertiary/aromatic N) is 1. The average molecular weight is 285 g/mol. The molecule has 106 valence electrons. The molecule has 1 aromatic carbocycles. The minimum absolute atomic E-state index is 0.0430. The smallest absolute Gasteiger partial charge is 0.177 e. The molecule has 19 heavy (non-hydrogen) atoms. The van der Waals surface area contributed by atoms with Gasteiger partial charge in [-0.2, -0.15) is 0 Å². The van der Waals surface area contributed by atoms with E-state index in [1.807, 2.05) is 17.9 Å². The SMILES string of the molecule is CC1CN(c2ccccc2S(C)(=O)=O)CC(CO)O1. The molecule has 2 atom stereocenters. The third-order valence-corrected chi connectivity index (χ3v) is 4.28. The first kappa shape index (κ1) is 14.3. The largest absolute Gasteiger partial charge is 0.394 e. The second-order valence-corrected chi connectivity index (χ2v) is 6.88. The molecule has 1 saturated heterocycles. The number of ether oxygens (including phenoxy) is 1. The molecular weight excluding hydrogens is 266 g/mol. The summed E-state index contributed by atoms with van der Waals surface area (Å²) in [5.41, 5.74) is 0.679. The Kier molecular flexibility index (Phi) is 4.13. The first-order valence-electron chi connectivity index (χ1n) is 6.22. The fraction of sp³-hybridized carbons (Fsp3) is 0.538. The molecule has 6 heteroatoms. The molecule has 1 heterocycles. The minimum atomic E-state index is -3.27. The molecule has 1 fully saturated rings. The van der Waals surface area contributed by atoms with Gasteiger partial charge >= 0.3 is 0 Å². The van der Waals surface area contributed by atoms with Gasteiger partial charge in [0.05, 0.1) is 29.4 Å². The van der Waals surface area contributed by atoms with Crippen molar-refractivity contribution < 1.29 is 18.3 Å². The van der Waals surface area contributed by atoms with E-state index in [-0.39, 0.29) is 18.8 Å². The van der Waals surface area contributed by atoms with Crippen LogP contribution in [0.5, 0.6) is 0 Å². The van der Waals surface area contributed by atoms with E-state index >= 15 is 0 Å². The van der Waals surface area contributed by atoms with Crippen molar-refractivity contribution in [1.82, 2.24) is 0 Å². The van der Waals surface area contributed by atoms with Crippen molar-refractivity contribution in [1.29, 1.82) is 0 Å². The number of sulfone groups is 1. The van der Waals surface area contributed by atoms with E-state index in [2.05, 4.69) is 0 Å². The maximum atomic E-state index is 11.8. The number of aliphatic hydroxyl groups excluding tert-OH is 1. The van der Waals surface area contributed by atoms with Gasteiger partial charge in [0.25, 0.3) is 0 Å². The topological polar surface area (TPSA) is 66.8 Å². The summed E-state index contributed by atoms with van der Waals surface area (Å²) in [5, 5.41) is 9.23. The van der Waals surface area contributed by atoms with Gasteiger partial charge in [-0.1, -0.05) is 12.1 Å². The molecule has 0 aliphatic carbocycles. The van der Waals surface area contributed by atoms with Gasteiger partial charge in [0.2, 0.25) is 0 Å². The summed E-state index contributed by atoms with van der Waals surface area (Å²) in [6.45, 7) is 2.95. The summed E-state index contributed by atoms with van der Waals surface area (Å²) in [7, 11) is -3.27. The first-order chi connectivity index (χ1) is 8.91. The van der Waals surface area contributed by atoms with Crippen molar-refractivity contribution in [2.75, 3.05) is 30.9 Å². The molecule has 5 nitrogen and oxygen atoms in total. The molecule has 0 aromatic heterocycles. The van der Waals surface area contributed by atoms with E-state index in [0.717, 1.165) is 0 Å². The summed E-state index contributed by atoms with van der Waals surface area (Å²) in [4.78, 5) is 2.28. The monoisotopic (exact) mass is 285 g/mol. The van der Waals surface area contributed by atoms with Gasteiger partial charge in [-0.15, -0.1) is 0 Å². The van der Waals surface area contributed by atoms with Crippen molar-refractivity contribution in [3.05, 3.63) is 24.3 Å². The molecule has 2 rings (SSSR count). The predicted molar refractivity (Wildman–Crippen MR) is 73.2 cm³/mol. The highest BCUT2D eigenvalue weighted by molar-refractivity contribution is 7.90. The number of rotatable bonds is 3. The van der Waals surface area contributed by atoms with Crippen LogP contribution in [-0.4, -0.2) is 51.7 Å². The van der Waals surface area contributed by atoms with Crippen molar-refractivity contribution >= 4 is 15.5 Å². The van der Waals surface area contributed by atoms with Crippen LogP contribution in [-0.2, 0) is 14.6 Å². The Morgan fingerprint density at radius 2 is 2.05 bits per heavy atom. The van der Waals surface area contributed by atoms with E-state index in [1.54, 1.807) is 18.2 Å². The second kappa shape index (κ2) is 5.48. The predicted octanol–water partition coefficient (Wildman–Crippen LogP) is 0.676. The van der Waals surface area contributed by atoms with Crippen LogP contribution in [0, 0.1) is 0 Å². The van der Waals surface area contributed by atoms with Gasteiger partial charge < -0.3 is 14.7 Å². The zero-order valence-corrected chi connectivity index (χ0v) is 11.9.